The molecule has 0 saturated heterocycles. The molecule has 0 radical (unpaired) electrons. The molecule has 2 aromatic heterocycles. The van der Waals surface area contributed by atoms with E-state index < -0.39 is 0 Å². The third-order valence-corrected chi connectivity index (χ3v) is 4.03. The molecule has 0 spiro atoms. The lowest BCUT2D eigenvalue weighted by molar-refractivity contribution is 0.733. The van der Waals surface area contributed by atoms with Crippen LogP contribution in [0.3, 0.4) is 0 Å². The van der Waals surface area contributed by atoms with Gasteiger partial charge in [0.2, 0.25) is 0 Å². The Morgan fingerprint density at radius 2 is 1.90 bits per heavy atom. The molecule has 0 saturated carbocycles. The van der Waals surface area contributed by atoms with E-state index in [4.69, 9.17) is 4.98 Å². The van der Waals surface area contributed by atoms with Crippen molar-refractivity contribution in [2.75, 3.05) is 0 Å². The Morgan fingerprint density at radius 1 is 1.05 bits per heavy atom. The van der Waals surface area contributed by atoms with Gasteiger partial charge in [-0.1, -0.05) is 25.5 Å². The van der Waals surface area contributed by atoms with Gasteiger partial charge in [-0.2, -0.15) is 0 Å². The van der Waals surface area contributed by atoms with Crippen molar-refractivity contribution >= 4 is 11.0 Å². The maximum atomic E-state index is 4.75. The van der Waals surface area contributed by atoms with Crippen LogP contribution < -0.4 is 0 Å². The summed E-state index contributed by atoms with van der Waals surface area (Å²) in [5.41, 5.74) is 6.77. The first-order valence-corrected chi connectivity index (χ1v) is 7.51. The van der Waals surface area contributed by atoms with E-state index in [1.165, 1.54) is 16.7 Å². The summed E-state index contributed by atoms with van der Waals surface area (Å²) in [5.74, 6) is 0.575. The van der Waals surface area contributed by atoms with E-state index in [1.54, 1.807) is 6.20 Å². The second-order valence-corrected chi connectivity index (χ2v) is 5.68. The summed E-state index contributed by atoms with van der Waals surface area (Å²) in [4.78, 5) is 9.08. The maximum absolute atomic E-state index is 4.75. The SMILES string of the molecule is CCC(C)c1cc(C)cc(-c2ccc3ncccc3n2)c1. The smallest absolute Gasteiger partial charge is 0.0894 e. The van der Waals surface area contributed by atoms with Gasteiger partial charge in [-0.05, 0) is 61.2 Å². The number of hydrogen-bond acceptors (Lipinski definition) is 2. The van der Waals surface area contributed by atoms with E-state index in [0.717, 1.165) is 23.1 Å². The number of rotatable bonds is 3. The highest BCUT2D eigenvalue weighted by atomic mass is 14.8. The molecule has 3 rings (SSSR count). The van der Waals surface area contributed by atoms with Gasteiger partial charge < -0.3 is 0 Å². The zero-order valence-electron chi connectivity index (χ0n) is 12.8. The summed E-state index contributed by atoms with van der Waals surface area (Å²) in [5, 5.41) is 0. The molecule has 21 heavy (non-hydrogen) atoms. The highest BCUT2D eigenvalue weighted by Crippen LogP contribution is 2.27. The minimum absolute atomic E-state index is 0.575. The molecule has 2 heteroatoms. The Morgan fingerprint density at radius 3 is 2.71 bits per heavy atom. The van der Waals surface area contributed by atoms with E-state index in [-0.39, 0.29) is 0 Å². The van der Waals surface area contributed by atoms with Gasteiger partial charge in [0.15, 0.2) is 0 Å². The van der Waals surface area contributed by atoms with Crippen molar-refractivity contribution in [3.63, 3.8) is 0 Å². The molecule has 2 nitrogen and oxygen atoms in total. The summed E-state index contributed by atoms with van der Waals surface area (Å²) in [6, 6.07) is 14.8. The lowest BCUT2D eigenvalue weighted by Gasteiger charge is -2.12. The predicted molar refractivity (Wildman–Crippen MR) is 88.4 cm³/mol. The molecule has 0 fully saturated rings. The monoisotopic (exact) mass is 276 g/mol. The molecule has 3 aromatic rings. The van der Waals surface area contributed by atoms with Crippen LogP contribution in [-0.2, 0) is 0 Å². The fourth-order valence-corrected chi connectivity index (χ4v) is 2.60. The van der Waals surface area contributed by atoms with Crippen molar-refractivity contribution in [3.8, 4) is 11.3 Å². The van der Waals surface area contributed by atoms with E-state index in [0.29, 0.717) is 5.92 Å². The molecule has 0 aliphatic rings. The zero-order valence-corrected chi connectivity index (χ0v) is 12.8. The molecule has 1 atom stereocenters. The van der Waals surface area contributed by atoms with Gasteiger partial charge in [-0.15, -0.1) is 0 Å². The molecule has 0 amide bonds. The lowest BCUT2D eigenvalue weighted by atomic mass is 9.94. The van der Waals surface area contributed by atoms with Crippen molar-refractivity contribution < 1.29 is 0 Å². The standard InChI is InChI=1S/C19H20N2/c1-4-14(3)15-10-13(2)11-16(12-15)17-7-8-18-19(21-17)6-5-9-20-18/h5-12,14H,4H2,1-3H3. The Bertz CT molecular complexity index is 777. The van der Waals surface area contributed by atoms with Crippen LogP contribution in [0.4, 0.5) is 0 Å². The normalized spacial score (nSPS) is 12.5. The van der Waals surface area contributed by atoms with Crippen molar-refractivity contribution in [2.24, 2.45) is 0 Å². The quantitative estimate of drug-likeness (QED) is 0.663. The summed E-state index contributed by atoms with van der Waals surface area (Å²) in [7, 11) is 0. The van der Waals surface area contributed by atoms with Gasteiger partial charge in [0.1, 0.15) is 0 Å². The molecule has 0 bridgehead atoms. The predicted octanol–water partition coefficient (Wildman–Crippen LogP) is 5.12. The molecule has 1 unspecified atom stereocenters. The van der Waals surface area contributed by atoms with Crippen LogP contribution >= 0.6 is 0 Å². The Kier molecular flexibility index (Phi) is 3.70. The molecule has 106 valence electrons. The highest BCUT2D eigenvalue weighted by molar-refractivity contribution is 5.77. The van der Waals surface area contributed by atoms with Crippen molar-refractivity contribution in [1.29, 1.82) is 0 Å². The van der Waals surface area contributed by atoms with E-state index >= 15 is 0 Å². The number of hydrogen-bond donors (Lipinski definition) is 0. The lowest BCUT2D eigenvalue weighted by Crippen LogP contribution is -1.94. The first-order chi connectivity index (χ1) is 10.2. The van der Waals surface area contributed by atoms with Crippen LogP contribution in [0.15, 0.2) is 48.7 Å². The third-order valence-electron chi connectivity index (χ3n) is 4.03. The van der Waals surface area contributed by atoms with Crippen molar-refractivity contribution in [1.82, 2.24) is 9.97 Å². The van der Waals surface area contributed by atoms with Crippen LogP contribution in [0.1, 0.15) is 37.3 Å². The summed E-state index contributed by atoms with van der Waals surface area (Å²) >= 11 is 0. The van der Waals surface area contributed by atoms with E-state index in [2.05, 4.69) is 50.0 Å². The zero-order chi connectivity index (χ0) is 14.8. The molecule has 0 N–H and O–H groups in total. The molecule has 0 aliphatic carbocycles. The first kappa shape index (κ1) is 13.7. The average molecular weight is 276 g/mol. The third kappa shape index (κ3) is 2.80. The van der Waals surface area contributed by atoms with Gasteiger partial charge in [0.05, 0.1) is 16.7 Å². The van der Waals surface area contributed by atoms with Gasteiger partial charge in [-0.3, -0.25) is 4.98 Å². The van der Waals surface area contributed by atoms with Gasteiger partial charge in [0.25, 0.3) is 0 Å². The molecule has 1 aromatic carbocycles. The van der Waals surface area contributed by atoms with Gasteiger partial charge >= 0.3 is 0 Å². The number of aromatic nitrogens is 2. The summed E-state index contributed by atoms with van der Waals surface area (Å²) in [6.45, 7) is 6.65. The van der Waals surface area contributed by atoms with Crippen LogP contribution in [0.25, 0.3) is 22.3 Å². The Hall–Kier alpha value is -2.22. The minimum atomic E-state index is 0.575. The Labute approximate surface area is 125 Å². The van der Waals surface area contributed by atoms with Gasteiger partial charge in [-0.25, -0.2) is 4.98 Å². The second kappa shape index (κ2) is 5.65. The second-order valence-electron chi connectivity index (χ2n) is 5.68. The number of pyridine rings is 2. The molecular weight excluding hydrogens is 256 g/mol. The van der Waals surface area contributed by atoms with Crippen LogP contribution in [0.2, 0.25) is 0 Å². The highest BCUT2D eigenvalue weighted by Gasteiger charge is 2.08. The molecule has 2 heterocycles. The molecular formula is C19H20N2. The number of nitrogens with zero attached hydrogens (tertiary/aromatic N) is 2. The van der Waals surface area contributed by atoms with E-state index in [9.17, 15) is 0 Å². The summed E-state index contributed by atoms with van der Waals surface area (Å²) < 4.78 is 0. The molecule has 0 aliphatic heterocycles. The van der Waals surface area contributed by atoms with Gasteiger partial charge in [0, 0.05) is 11.8 Å². The van der Waals surface area contributed by atoms with E-state index in [1.807, 2.05) is 18.2 Å². The maximum Gasteiger partial charge on any atom is 0.0894 e. The largest absolute Gasteiger partial charge is 0.255 e. The fourth-order valence-electron chi connectivity index (χ4n) is 2.60. The van der Waals surface area contributed by atoms with Crippen LogP contribution in [-0.4, -0.2) is 9.97 Å². The van der Waals surface area contributed by atoms with Crippen LogP contribution in [0.5, 0.6) is 0 Å². The summed E-state index contributed by atoms with van der Waals surface area (Å²) in [6.07, 6.45) is 2.95. The Balaban J connectivity index is 2.11. The number of fused-ring (bicyclic) bond motifs is 1. The number of benzene rings is 1. The van der Waals surface area contributed by atoms with Crippen molar-refractivity contribution in [2.45, 2.75) is 33.1 Å². The minimum Gasteiger partial charge on any atom is -0.255 e. The first-order valence-electron chi connectivity index (χ1n) is 7.51. The fraction of sp³-hybridized carbons (Fsp3) is 0.263. The van der Waals surface area contributed by atoms with Crippen LogP contribution in [0, 0.1) is 6.92 Å². The number of aryl methyl sites for hydroxylation is 1. The topological polar surface area (TPSA) is 25.8 Å². The average Bonchev–Trinajstić information content (AvgIpc) is 2.53. The van der Waals surface area contributed by atoms with Crippen molar-refractivity contribution in [3.05, 3.63) is 59.8 Å².